The van der Waals surface area contributed by atoms with E-state index in [2.05, 4.69) is 10.4 Å². The van der Waals surface area contributed by atoms with E-state index in [0.717, 1.165) is 11.3 Å². The zero-order valence-electron chi connectivity index (χ0n) is 12.9. The van der Waals surface area contributed by atoms with Crippen LogP contribution in [0.2, 0.25) is 4.34 Å². The maximum atomic E-state index is 13.3. The molecular weight excluding hydrogens is 349 g/mol. The number of amides is 1. The fourth-order valence-electron chi connectivity index (χ4n) is 2.32. The minimum Gasteiger partial charge on any atom is -0.321 e. The summed E-state index contributed by atoms with van der Waals surface area (Å²) in [5.41, 5.74) is 1.54. The van der Waals surface area contributed by atoms with Crippen LogP contribution in [0.4, 0.5) is 10.1 Å². The Hall–Kier alpha value is -2.18. The molecule has 0 aliphatic rings. The van der Waals surface area contributed by atoms with Crippen molar-refractivity contribution in [1.82, 2.24) is 9.78 Å². The van der Waals surface area contributed by atoms with Crippen molar-refractivity contribution in [2.24, 2.45) is 0 Å². The molecule has 24 heavy (non-hydrogen) atoms. The topological polar surface area (TPSA) is 46.9 Å². The highest BCUT2D eigenvalue weighted by atomic mass is 35.5. The monoisotopic (exact) mass is 363 g/mol. The van der Waals surface area contributed by atoms with E-state index >= 15 is 0 Å². The van der Waals surface area contributed by atoms with Gasteiger partial charge in [-0.2, -0.15) is 5.10 Å². The van der Waals surface area contributed by atoms with Gasteiger partial charge in [-0.25, -0.2) is 4.39 Å². The Balaban J connectivity index is 1.90. The molecule has 7 heteroatoms. The van der Waals surface area contributed by atoms with Crippen LogP contribution in [0.15, 0.2) is 42.5 Å². The molecule has 0 spiro atoms. The Bertz CT molecular complexity index is 874. The highest BCUT2D eigenvalue weighted by molar-refractivity contribution is 7.19. The number of hydrogen-bond acceptors (Lipinski definition) is 3. The van der Waals surface area contributed by atoms with Crippen molar-refractivity contribution in [3.63, 3.8) is 0 Å². The van der Waals surface area contributed by atoms with Gasteiger partial charge in [-0.1, -0.05) is 24.6 Å². The molecule has 1 amide bonds. The maximum Gasteiger partial charge on any atom is 0.273 e. The van der Waals surface area contributed by atoms with Crippen molar-refractivity contribution in [2.45, 2.75) is 19.9 Å². The van der Waals surface area contributed by atoms with Crippen LogP contribution in [0.5, 0.6) is 0 Å². The van der Waals surface area contributed by atoms with Gasteiger partial charge in [0, 0.05) is 12.2 Å². The fourth-order valence-corrected chi connectivity index (χ4v) is 3.31. The largest absolute Gasteiger partial charge is 0.321 e. The standard InChI is InChI=1S/C17H15ClFN3OS/c1-2-8-22-14(10-13(21-22)15-6-7-16(18)24-15)17(23)20-12-5-3-4-11(19)9-12/h3-7,9-10H,2,8H2,1H3,(H,20,23). The second-order valence-corrected chi connectivity index (χ2v) is 6.92. The molecule has 3 aromatic rings. The summed E-state index contributed by atoms with van der Waals surface area (Å²) in [5, 5.41) is 7.20. The van der Waals surface area contributed by atoms with Gasteiger partial charge in [0.25, 0.3) is 5.91 Å². The van der Waals surface area contributed by atoms with E-state index in [9.17, 15) is 9.18 Å². The number of anilines is 1. The number of carbonyl (C=O) groups is 1. The predicted molar refractivity (Wildman–Crippen MR) is 95.2 cm³/mol. The summed E-state index contributed by atoms with van der Waals surface area (Å²) in [7, 11) is 0. The van der Waals surface area contributed by atoms with Gasteiger partial charge < -0.3 is 5.32 Å². The molecule has 0 fully saturated rings. The van der Waals surface area contributed by atoms with Crippen molar-refractivity contribution in [1.29, 1.82) is 0 Å². The van der Waals surface area contributed by atoms with Gasteiger partial charge in [0.05, 0.1) is 9.21 Å². The van der Waals surface area contributed by atoms with Gasteiger partial charge in [-0.3, -0.25) is 9.48 Å². The van der Waals surface area contributed by atoms with E-state index in [-0.39, 0.29) is 5.91 Å². The third-order valence-electron chi connectivity index (χ3n) is 3.36. The van der Waals surface area contributed by atoms with E-state index < -0.39 is 5.82 Å². The van der Waals surface area contributed by atoms with Gasteiger partial charge in [-0.15, -0.1) is 11.3 Å². The summed E-state index contributed by atoms with van der Waals surface area (Å²) in [4.78, 5) is 13.5. The molecule has 0 atom stereocenters. The summed E-state index contributed by atoms with van der Waals surface area (Å²) in [5.74, 6) is -0.723. The number of nitrogens with one attached hydrogen (secondary N) is 1. The smallest absolute Gasteiger partial charge is 0.273 e. The summed E-state index contributed by atoms with van der Waals surface area (Å²) >= 11 is 7.38. The van der Waals surface area contributed by atoms with E-state index in [0.29, 0.717) is 28.0 Å². The summed E-state index contributed by atoms with van der Waals surface area (Å²) < 4.78 is 15.6. The van der Waals surface area contributed by atoms with E-state index in [1.165, 1.54) is 23.5 Å². The SMILES string of the molecule is CCCn1nc(-c2ccc(Cl)s2)cc1C(=O)Nc1cccc(F)c1. The van der Waals surface area contributed by atoms with Gasteiger partial charge in [-0.05, 0) is 42.8 Å². The van der Waals surface area contributed by atoms with Gasteiger partial charge in [0.2, 0.25) is 0 Å². The van der Waals surface area contributed by atoms with Crippen LogP contribution in [0, 0.1) is 5.82 Å². The van der Waals surface area contributed by atoms with Crippen LogP contribution in [0.1, 0.15) is 23.8 Å². The first-order valence-corrected chi connectivity index (χ1v) is 8.66. The normalized spacial score (nSPS) is 10.8. The van der Waals surface area contributed by atoms with Crippen molar-refractivity contribution >= 4 is 34.5 Å². The van der Waals surface area contributed by atoms with Crippen molar-refractivity contribution in [3.8, 4) is 10.6 Å². The number of benzene rings is 1. The second-order valence-electron chi connectivity index (χ2n) is 5.21. The second kappa shape index (κ2) is 7.15. The Morgan fingerprint density at radius 1 is 1.33 bits per heavy atom. The molecule has 0 unspecified atom stereocenters. The van der Waals surface area contributed by atoms with Gasteiger partial charge >= 0.3 is 0 Å². The first-order chi connectivity index (χ1) is 11.6. The molecule has 1 N–H and O–H groups in total. The Morgan fingerprint density at radius 2 is 2.17 bits per heavy atom. The third kappa shape index (κ3) is 3.66. The summed E-state index contributed by atoms with van der Waals surface area (Å²) in [6.45, 7) is 2.63. The van der Waals surface area contributed by atoms with Crippen LogP contribution in [-0.4, -0.2) is 15.7 Å². The van der Waals surface area contributed by atoms with Crippen molar-refractivity contribution in [3.05, 3.63) is 58.3 Å². The minimum absolute atomic E-state index is 0.324. The molecule has 124 valence electrons. The first kappa shape index (κ1) is 16.7. The maximum absolute atomic E-state index is 13.3. The van der Waals surface area contributed by atoms with Gasteiger partial charge in [0.1, 0.15) is 17.2 Å². The third-order valence-corrected chi connectivity index (χ3v) is 4.61. The summed E-state index contributed by atoms with van der Waals surface area (Å²) in [6.07, 6.45) is 0.840. The number of nitrogens with zero attached hydrogens (tertiary/aromatic N) is 2. The molecule has 3 rings (SSSR count). The van der Waals surface area contributed by atoms with Gasteiger partial charge in [0.15, 0.2) is 0 Å². The van der Waals surface area contributed by atoms with E-state index in [1.807, 2.05) is 13.0 Å². The zero-order chi connectivity index (χ0) is 17.1. The average Bonchev–Trinajstić information content (AvgIpc) is 3.14. The Labute approximate surface area is 147 Å². The number of halogens is 2. The van der Waals surface area contributed by atoms with Crippen LogP contribution in [0.25, 0.3) is 10.6 Å². The molecular formula is C17H15ClFN3OS. The minimum atomic E-state index is -0.399. The fraction of sp³-hybridized carbons (Fsp3) is 0.176. The number of hydrogen-bond donors (Lipinski definition) is 1. The van der Waals surface area contributed by atoms with Crippen LogP contribution in [0.3, 0.4) is 0 Å². The summed E-state index contributed by atoms with van der Waals surface area (Å²) in [6, 6.07) is 11.2. The molecule has 0 bridgehead atoms. The van der Waals surface area contributed by atoms with E-state index in [1.54, 1.807) is 28.9 Å². The highest BCUT2D eigenvalue weighted by Gasteiger charge is 2.17. The number of aryl methyl sites for hydroxylation is 1. The number of aromatic nitrogens is 2. The number of carbonyl (C=O) groups excluding carboxylic acids is 1. The van der Waals surface area contributed by atoms with Crippen LogP contribution < -0.4 is 5.32 Å². The highest BCUT2D eigenvalue weighted by Crippen LogP contribution is 2.30. The lowest BCUT2D eigenvalue weighted by molar-refractivity contribution is 0.101. The Kier molecular flexibility index (Phi) is 4.97. The lowest BCUT2D eigenvalue weighted by Gasteiger charge is -2.07. The average molecular weight is 364 g/mol. The molecule has 1 aromatic carbocycles. The molecule has 0 aliphatic heterocycles. The lowest BCUT2D eigenvalue weighted by Crippen LogP contribution is -2.17. The van der Waals surface area contributed by atoms with Crippen molar-refractivity contribution < 1.29 is 9.18 Å². The zero-order valence-corrected chi connectivity index (χ0v) is 14.5. The van der Waals surface area contributed by atoms with Crippen LogP contribution >= 0.6 is 22.9 Å². The molecule has 0 aliphatic carbocycles. The first-order valence-electron chi connectivity index (χ1n) is 7.47. The molecule has 2 heterocycles. The quantitative estimate of drug-likeness (QED) is 0.688. The molecule has 0 radical (unpaired) electrons. The lowest BCUT2D eigenvalue weighted by atomic mass is 10.2. The molecule has 0 saturated carbocycles. The van der Waals surface area contributed by atoms with E-state index in [4.69, 9.17) is 11.6 Å². The Morgan fingerprint density at radius 3 is 2.83 bits per heavy atom. The molecule has 2 aromatic heterocycles. The van der Waals surface area contributed by atoms with Crippen LogP contribution in [-0.2, 0) is 6.54 Å². The molecule has 4 nitrogen and oxygen atoms in total. The number of thiophene rings is 1. The van der Waals surface area contributed by atoms with Crippen molar-refractivity contribution in [2.75, 3.05) is 5.32 Å². The predicted octanol–water partition coefficient (Wildman–Crippen LogP) is 5.07. The molecule has 0 saturated heterocycles. The number of rotatable bonds is 5.